The average Bonchev–Trinajstić information content (AvgIpc) is 2.82. The van der Waals surface area contributed by atoms with Gasteiger partial charge < -0.3 is 10.5 Å². The maximum Gasteiger partial charge on any atom is 0.257 e. The van der Waals surface area contributed by atoms with E-state index in [1.54, 1.807) is 0 Å². The topological polar surface area (TPSA) is 110 Å². The first-order valence-electron chi connectivity index (χ1n) is 5.91. The van der Waals surface area contributed by atoms with Crippen LogP contribution in [0.25, 0.3) is 0 Å². The van der Waals surface area contributed by atoms with E-state index in [0.29, 0.717) is 18.8 Å². The number of nitrogens with one attached hydrogen (secondary N) is 2. The Morgan fingerprint density at radius 1 is 1.50 bits per heavy atom. The van der Waals surface area contributed by atoms with Crippen molar-refractivity contribution in [2.24, 2.45) is 5.73 Å². The number of aromatic nitrogens is 2. The monoisotopic (exact) mass is 276 g/mol. The summed E-state index contributed by atoms with van der Waals surface area (Å²) in [7, 11) is -3.58. The van der Waals surface area contributed by atoms with Gasteiger partial charge in [-0.15, -0.1) is 0 Å². The summed E-state index contributed by atoms with van der Waals surface area (Å²) in [6.07, 6.45) is 3.44. The molecule has 7 nitrogen and oxygen atoms in total. The van der Waals surface area contributed by atoms with E-state index in [1.165, 1.54) is 6.20 Å². The van der Waals surface area contributed by atoms with Crippen LogP contribution in [0.5, 0.6) is 0 Å². The summed E-state index contributed by atoms with van der Waals surface area (Å²) >= 11 is 0. The zero-order valence-corrected chi connectivity index (χ0v) is 11.3. The van der Waals surface area contributed by atoms with Gasteiger partial charge in [-0.05, 0) is 6.42 Å². The van der Waals surface area contributed by atoms with Crippen LogP contribution in [-0.2, 0) is 21.3 Å². The smallest absolute Gasteiger partial charge is 0.257 e. The van der Waals surface area contributed by atoms with E-state index in [9.17, 15) is 8.42 Å². The second-order valence-corrected chi connectivity index (χ2v) is 5.50. The summed E-state index contributed by atoms with van der Waals surface area (Å²) in [5.41, 5.74) is 5.89. The molecular weight excluding hydrogens is 256 g/mol. The van der Waals surface area contributed by atoms with E-state index in [1.807, 2.05) is 0 Å². The van der Waals surface area contributed by atoms with Crippen molar-refractivity contribution in [2.75, 3.05) is 19.8 Å². The zero-order chi connectivity index (χ0) is 13.4. The molecule has 0 aliphatic carbocycles. The second-order valence-electron chi connectivity index (χ2n) is 3.79. The number of ether oxygens (including phenoxy) is 1. The van der Waals surface area contributed by atoms with Gasteiger partial charge in [0.15, 0.2) is 5.03 Å². The highest BCUT2D eigenvalue weighted by Crippen LogP contribution is 2.10. The molecule has 1 heterocycles. The molecule has 0 amide bonds. The summed E-state index contributed by atoms with van der Waals surface area (Å²) in [5, 5.41) is 6.14. The van der Waals surface area contributed by atoms with Crippen molar-refractivity contribution in [3.63, 3.8) is 0 Å². The highest BCUT2D eigenvalue weighted by Gasteiger charge is 2.19. The Morgan fingerprint density at radius 3 is 2.94 bits per heavy atom. The molecule has 0 aliphatic heterocycles. The van der Waals surface area contributed by atoms with Crippen LogP contribution in [0, 0.1) is 0 Å². The Hall–Kier alpha value is -0.960. The third-order valence-corrected chi connectivity index (χ3v) is 3.82. The predicted molar refractivity (Wildman–Crippen MR) is 67.4 cm³/mol. The third kappa shape index (κ3) is 4.37. The van der Waals surface area contributed by atoms with Gasteiger partial charge in [-0.1, -0.05) is 13.3 Å². The molecule has 0 bridgehead atoms. The van der Waals surface area contributed by atoms with Crippen LogP contribution in [0.2, 0.25) is 0 Å². The first-order chi connectivity index (χ1) is 8.61. The fourth-order valence-corrected chi connectivity index (χ4v) is 2.50. The molecule has 18 heavy (non-hydrogen) atoms. The molecule has 104 valence electrons. The normalized spacial score (nSPS) is 11.9. The van der Waals surface area contributed by atoms with Gasteiger partial charge in [0.2, 0.25) is 0 Å². The van der Waals surface area contributed by atoms with Crippen molar-refractivity contribution in [3.8, 4) is 0 Å². The van der Waals surface area contributed by atoms with Crippen LogP contribution in [0.1, 0.15) is 25.3 Å². The molecule has 1 aromatic rings. The first-order valence-corrected chi connectivity index (χ1v) is 7.40. The fourth-order valence-electron chi connectivity index (χ4n) is 1.35. The summed E-state index contributed by atoms with van der Waals surface area (Å²) in [5.74, 6) is 0. The molecule has 0 saturated carbocycles. The molecular formula is C10H20N4O3S. The van der Waals surface area contributed by atoms with Crippen molar-refractivity contribution in [1.82, 2.24) is 14.9 Å². The van der Waals surface area contributed by atoms with Crippen molar-refractivity contribution in [3.05, 3.63) is 11.8 Å². The number of nitrogens with zero attached hydrogens (tertiary/aromatic N) is 1. The lowest BCUT2D eigenvalue weighted by atomic mass is 10.4. The van der Waals surface area contributed by atoms with Crippen molar-refractivity contribution in [2.45, 2.75) is 31.3 Å². The van der Waals surface area contributed by atoms with Crippen molar-refractivity contribution < 1.29 is 13.2 Å². The molecule has 0 fully saturated rings. The van der Waals surface area contributed by atoms with Gasteiger partial charge >= 0.3 is 0 Å². The van der Waals surface area contributed by atoms with Gasteiger partial charge in [0, 0.05) is 25.3 Å². The second kappa shape index (κ2) is 7.47. The largest absolute Gasteiger partial charge is 0.380 e. The Balaban J connectivity index is 2.41. The highest BCUT2D eigenvalue weighted by atomic mass is 32.2. The lowest BCUT2D eigenvalue weighted by molar-refractivity contribution is 0.136. The standard InChI is InChI=1S/C10H20N4O3S/c1-2-3-5-17-6-4-13-18(15,16)10-9(7-11)8-12-14-10/h8,13H,2-7,11H2,1H3,(H,12,14). The number of nitrogens with two attached hydrogens (primary N) is 1. The molecule has 0 saturated heterocycles. The fraction of sp³-hybridized carbons (Fsp3) is 0.700. The molecule has 0 aliphatic rings. The summed E-state index contributed by atoms with van der Waals surface area (Å²) in [6, 6.07) is 0. The van der Waals surface area contributed by atoms with Crippen LogP contribution < -0.4 is 10.5 Å². The molecule has 4 N–H and O–H groups in total. The lowest BCUT2D eigenvalue weighted by Gasteiger charge is -2.07. The minimum atomic E-state index is -3.58. The lowest BCUT2D eigenvalue weighted by Crippen LogP contribution is -2.28. The highest BCUT2D eigenvalue weighted by molar-refractivity contribution is 7.89. The van der Waals surface area contributed by atoms with Crippen LogP contribution in [-0.4, -0.2) is 38.4 Å². The van der Waals surface area contributed by atoms with E-state index in [0.717, 1.165) is 12.8 Å². The number of hydrogen-bond donors (Lipinski definition) is 3. The predicted octanol–water partition coefficient (Wildman–Crippen LogP) is -0.0366. The molecule has 0 atom stereocenters. The Bertz CT molecular complexity index is 444. The molecule has 8 heteroatoms. The molecule has 1 rings (SSSR count). The van der Waals surface area contributed by atoms with E-state index in [2.05, 4.69) is 21.8 Å². The third-order valence-electron chi connectivity index (χ3n) is 2.35. The molecule has 0 radical (unpaired) electrons. The summed E-state index contributed by atoms with van der Waals surface area (Å²) < 4.78 is 31.4. The van der Waals surface area contributed by atoms with Crippen LogP contribution in [0.4, 0.5) is 0 Å². The summed E-state index contributed by atoms with van der Waals surface area (Å²) in [6.45, 7) is 3.43. The minimum Gasteiger partial charge on any atom is -0.380 e. The van der Waals surface area contributed by atoms with E-state index >= 15 is 0 Å². The van der Waals surface area contributed by atoms with Gasteiger partial charge in [-0.3, -0.25) is 5.10 Å². The van der Waals surface area contributed by atoms with Crippen LogP contribution >= 0.6 is 0 Å². The Morgan fingerprint density at radius 2 is 2.28 bits per heavy atom. The number of H-pyrrole nitrogens is 1. The van der Waals surface area contributed by atoms with Gasteiger partial charge in [0.05, 0.1) is 12.8 Å². The van der Waals surface area contributed by atoms with Gasteiger partial charge in [0.1, 0.15) is 0 Å². The van der Waals surface area contributed by atoms with Crippen LogP contribution in [0.3, 0.4) is 0 Å². The van der Waals surface area contributed by atoms with E-state index in [4.69, 9.17) is 10.5 Å². The van der Waals surface area contributed by atoms with E-state index in [-0.39, 0.29) is 18.1 Å². The zero-order valence-electron chi connectivity index (χ0n) is 10.5. The number of sulfonamides is 1. The SMILES string of the molecule is CCCCOCCNS(=O)(=O)c1[nH]ncc1CN. The summed E-state index contributed by atoms with van der Waals surface area (Å²) in [4.78, 5) is 0. The molecule has 1 aromatic heterocycles. The number of hydrogen-bond acceptors (Lipinski definition) is 5. The van der Waals surface area contributed by atoms with Gasteiger partial charge in [0.25, 0.3) is 10.0 Å². The Labute approximate surface area is 107 Å². The van der Waals surface area contributed by atoms with Crippen molar-refractivity contribution >= 4 is 10.0 Å². The molecule has 0 spiro atoms. The number of rotatable bonds is 9. The first kappa shape index (κ1) is 15.1. The van der Waals surface area contributed by atoms with Crippen LogP contribution in [0.15, 0.2) is 11.2 Å². The maximum absolute atomic E-state index is 11.9. The quantitative estimate of drug-likeness (QED) is 0.548. The number of aromatic amines is 1. The maximum atomic E-state index is 11.9. The molecule has 0 unspecified atom stereocenters. The van der Waals surface area contributed by atoms with Gasteiger partial charge in [-0.25, -0.2) is 13.1 Å². The molecule has 0 aromatic carbocycles. The minimum absolute atomic E-state index is 0.0264. The Kier molecular flexibility index (Phi) is 6.27. The van der Waals surface area contributed by atoms with Gasteiger partial charge in [-0.2, -0.15) is 5.10 Å². The van der Waals surface area contributed by atoms with E-state index < -0.39 is 10.0 Å². The number of unbranched alkanes of at least 4 members (excludes halogenated alkanes) is 1. The average molecular weight is 276 g/mol. The van der Waals surface area contributed by atoms with Crippen molar-refractivity contribution in [1.29, 1.82) is 0 Å².